The molecule has 0 bridgehead atoms. The number of carbonyl (C=O) groups excluding carboxylic acids is 1. The average molecular weight is 451 g/mol. The number of hydrogen-bond acceptors (Lipinski definition) is 5. The molecule has 126 valence electrons. The molecule has 7 nitrogen and oxygen atoms in total. The van der Waals surface area contributed by atoms with Crippen molar-refractivity contribution >= 4 is 48.0 Å². The molecule has 0 unspecified atom stereocenters. The van der Waals surface area contributed by atoms with E-state index < -0.39 is 16.1 Å². The van der Waals surface area contributed by atoms with Crippen LogP contribution in [0.3, 0.4) is 0 Å². The molecule has 1 amide bonds. The van der Waals surface area contributed by atoms with Crippen LogP contribution in [0.4, 0.5) is 0 Å². The third-order valence-corrected chi connectivity index (χ3v) is 4.33. The van der Waals surface area contributed by atoms with Crippen LogP contribution in [0, 0.1) is 0 Å². The summed E-state index contributed by atoms with van der Waals surface area (Å²) in [6.45, 7) is 5.61. The third-order valence-electron chi connectivity index (χ3n) is 2.73. The lowest BCUT2D eigenvalue weighted by atomic mass is 10.0. The highest BCUT2D eigenvalue weighted by Crippen LogP contribution is 2.19. The summed E-state index contributed by atoms with van der Waals surface area (Å²) in [6.07, 6.45) is 0. The Hall–Kier alpha value is -1.46. The van der Waals surface area contributed by atoms with Gasteiger partial charge < -0.3 is 4.84 Å². The molecular formula is C14H18IN3O4S. The average Bonchev–Trinajstić information content (AvgIpc) is 2.46. The molecular weight excluding hydrogens is 433 g/mol. The maximum Gasteiger partial charge on any atom is 0.303 e. The summed E-state index contributed by atoms with van der Waals surface area (Å²) in [7, 11) is -1.22. The molecule has 1 aromatic rings. The molecule has 0 saturated heterocycles. The van der Waals surface area contributed by atoms with Crippen molar-refractivity contribution in [3.05, 3.63) is 42.0 Å². The summed E-state index contributed by atoms with van der Waals surface area (Å²) in [5.41, 5.74) is 1.21. The molecule has 0 spiro atoms. The molecule has 0 aliphatic heterocycles. The Morgan fingerprint density at radius 1 is 1.39 bits per heavy atom. The first-order chi connectivity index (χ1) is 10.6. The lowest BCUT2D eigenvalue weighted by molar-refractivity contribution is -0.114. The van der Waals surface area contributed by atoms with Crippen molar-refractivity contribution in [2.24, 2.45) is 5.16 Å². The fourth-order valence-electron chi connectivity index (χ4n) is 1.52. The Morgan fingerprint density at radius 2 is 2.00 bits per heavy atom. The maximum absolute atomic E-state index is 12.1. The first-order valence-corrected chi connectivity index (χ1v) is 9.01. The number of rotatable bonds is 7. The molecule has 0 saturated carbocycles. The van der Waals surface area contributed by atoms with Crippen LogP contribution >= 0.6 is 22.6 Å². The topological polar surface area (TPSA) is 88.1 Å². The van der Waals surface area contributed by atoms with Gasteiger partial charge in [0.25, 0.3) is 5.91 Å². The van der Waals surface area contributed by atoms with E-state index in [2.05, 4.69) is 11.7 Å². The van der Waals surface area contributed by atoms with Crippen molar-refractivity contribution in [3.63, 3.8) is 0 Å². The molecule has 0 aliphatic rings. The van der Waals surface area contributed by atoms with Gasteiger partial charge in [0.05, 0.1) is 0 Å². The highest BCUT2D eigenvalue weighted by molar-refractivity contribution is 14.1. The fraction of sp³-hybridized carbons (Fsp3) is 0.286. The highest BCUT2D eigenvalue weighted by atomic mass is 127. The largest absolute Gasteiger partial charge is 0.390 e. The number of carbonyl (C=O) groups is 1. The van der Waals surface area contributed by atoms with Crippen molar-refractivity contribution in [1.29, 1.82) is 0 Å². The van der Waals surface area contributed by atoms with E-state index in [-0.39, 0.29) is 12.2 Å². The number of hydrogen-bond donors (Lipinski definition) is 1. The van der Waals surface area contributed by atoms with E-state index in [0.717, 1.165) is 8.02 Å². The lowest BCUT2D eigenvalue weighted by Gasteiger charge is -2.14. The molecule has 23 heavy (non-hydrogen) atoms. The minimum absolute atomic E-state index is 0.0322. The molecule has 0 aromatic heterocycles. The summed E-state index contributed by atoms with van der Waals surface area (Å²) in [5.74, 6) is -0.792. The highest BCUT2D eigenvalue weighted by Gasteiger charge is 2.21. The van der Waals surface area contributed by atoms with E-state index in [9.17, 15) is 13.2 Å². The summed E-state index contributed by atoms with van der Waals surface area (Å²) < 4.78 is 27.0. The molecule has 0 fully saturated rings. The molecule has 1 aromatic carbocycles. The molecule has 1 N–H and O–H groups in total. The number of oxime groups is 1. The van der Waals surface area contributed by atoms with Crippen LogP contribution < -0.4 is 4.72 Å². The zero-order valence-electron chi connectivity index (χ0n) is 13.0. The van der Waals surface area contributed by atoms with Gasteiger partial charge in [-0.15, -0.1) is 0 Å². The van der Waals surface area contributed by atoms with Gasteiger partial charge in [-0.1, -0.05) is 36.0 Å². The van der Waals surface area contributed by atoms with E-state index in [0.29, 0.717) is 11.1 Å². The van der Waals surface area contributed by atoms with Crippen LogP contribution in [-0.4, -0.2) is 36.4 Å². The van der Waals surface area contributed by atoms with E-state index >= 15 is 0 Å². The van der Waals surface area contributed by atoms with Gasteiger partial charge in [0.15, 0.2) is 0 Å². The first-order valence-electron chi connectivity index (χ1n) is 6.49. The van der Waals surface area contributed by atoms with E-state index in [4.69, 9.17) is 4.84 Å². The van der Waals surface area contributed by atoms with Crippen LogP contribution in [0.25, 0.3) is 5.57 Å². The predicted molar refractivity (Wildman–Crippen MR) is 98.1 cm³/mol. The smallest absolute Gasteiger partial charge is 0.303 e. The maximum atomic E-state index is 12.1. The zero-order valence-corrected chi connectivity index (χ0v) is 16.0. The van der Waals surface area contributed by atoms with Gasteiger partial charge >= 0.3 is 10.2 Å². The first kappa shape index (κ1) is 19.6. The Kier molecular flexibility index (Phi) is 7.16. The number of benzene rings is 1. The molecule has 0 aliphatic carbocycles. The normalized spacial score (nSPS) is 12.1. The van der Waals surface area contributed by atoms with E-state index in [1.165, 1.54) is 14.1 Å². The third kappa shape index (κ3) is 5.92. The predicted octanol–water partition coefficient (Wildman–Crippen LogP) is 1.91. The van der Waals surface area contributed by atoms with Crippen LogP contribution in [0.15, 0.2) is 36.0 Å². The minimum Gasteiger partial charge on any atom is -0.390 e. The van der Waals surface area contributed by atoms with Crippen molar-refractivity contribution in [3.8, 4) is 0 Å². The van der Waals surface area contributed by atoms with Crippen molar-refractivity contribution in [2.75, 3.05) is 14.1 Å². The van der Waals surface area contributed by atoms with Gasteiger partial charge in [-0.3, -0.25) is 4.79 Å². The molecule has 1 rings (SSSR count). The summed E-state index contributed by atoms with van der Waals surface area (Å²) >= 11 is 2.01. The Bertz CT molecular complexity index is 725. The van der Waals surface area contributed by atoms with Crippen molar-refractivity contribution in [2.45, 2.75) is 13.5 Å². The monoisotopic (exact) mass is 451 g/mol. The molecule has 0 atom stereocenters. The van der Waals surface area contributed by atoms with Gasteiger partial charge in [0.2, 0.25) is 0 Å². The fourth-order valence-corrected chi connectivity index (χ4v) is 2.20. The van der Waals surface area contributed by atoms with Crippen LogP contribution in [-0.2, 0) is 26.4 Å². The van der Waals surface area contributed by atoms with Gasteiger partial charge in [-0.05, 0) is 40.6 Å². The second-order valence-corrected chi connectivity index (χ2v) is 8.16. The summed E-state index contributed by atoms with van der Waals surface area (Å²) in [5, 5.41) is 3.82. The lowest BCUT2D eigenvalue weighted by Crippen LogP contribution is -2.39. The standard InChI is InChI=1S/C14H18IN3O4S/c1-10(14(19)17-23(20,21)18(3)4)13-8-6-5-7-12(13)9-22-16-11(2)15/h5-8H,1,9H2,2-4H3,(H,17,19)/b16-11+. The molecule has 0 heterocycles. The molecule has 0 radical (unpaired) electrons. The second-order valence-electron chi connectivity index (χ2n) is 4.72. The van der Waals surface area contributed by atoms with Gasteiger partial charge in [0.1, 0.15) is 10.3 Å². The van der Waals surface area contributed by atoms with E-state index in [1.807, 2.05) is 27.3 Å². The minimum atomic E-state index is -3.87. The van der Waals surface area contributed by atoms with Crippen LogP contribution in [0.5, 0.6) is 0 Å². The Labute approximate surface area is 149 Å². The summed E-state index contributed by atoms with van der Waals surface area (Å²) in [6, 6.07) is 6.94. The quantitative estimate of drug-likeness (QED) is 0.297. The van der Waals surface area contributed by atoms with Crippen LogP contribution in [0.1, 0.15) is 18.1 Å². The summed E-state index contributed by atoms with van der Waals surface area (Å²) in [4.78, 5) is 17.3. The zero-order chi connectivity index (χ0) is 17.6. The second kappa shape index (κ2) is 8.41. The number of amides is 1. The van der Waals surface area contributed by atoms with Gasteiger partial charge in [0, 0.05) is 19.7 Å². The van der Waals surface area contributed by atoms with Gasteiger partial charge in [-0.25, -0.2) is 4.72 Å². The number of nitrogens with zero attached hydrogens (tertiary/aromatic N) is 2. The Morgan fingerprint density at radius 3 is 2.57 bits per heavy atom. The van der Waals surface area contributed by atoms with Crippen molar-refractivity contribution < 1.29 is 18.0 Å². The number of halogens is 1. The Balaban J connectivity index is 2.96. The van der Waals surface area contributed by atoms with E-state index in [1.54, 1.807) is 31.2 Å². The van der Waals surface area contributed by atoms with Crippen molar-refractivity contribution in [1.82, 2.24) is 9.03 Å². The van der Waals surface area contributed by atoms with Crippen LogP contribution in [0.2, 0.25) is 0 Å². The SMILES string of the molecule is C=C(C(=O)NS(=O)(=O)N(C)C)c1ccccc1CO/N=C(\C)I. The van der Waals surface area contributed by atoms with Gasteiger partial charge in [-0.2, -0.15) is 12.7 Å². The number of nitrogens with one attached hydrogen (secondary N) is 1. The molecule has 9 heteroatoms.